The van der Waals surface area contributed by atoms with Gasteiger partial charge in [-0.15, -0.1) is 0 Å². The third kappa shape index (κ3) is 4.13. The third-order valence-corrected chi connectivity index (χ3v) is 1.71. The van der Waals surface area contributed by atoms with E-state index < -0.39 is 5.97 Å². The van der Waals surface area contributed by atoms with E-state index in [0.717, 1.165) is 0 Å². The van der Waals surface area contributed by atoms with E-state index in [1.807, 2.05) is 0 Å². The van der Waals surface area contributed by atoms with Crippen LogP contribution in [0.15, 0.2) is 18.2 Å². The molecule has 74 valence electrons. The Morgan fingerprint density at radius 3 is 2.36 bits per heavy atom. The molecule has 0 saturated heterocycles. The molecule has 1 N–H and O–H groups in total. The molecule has 1 aromatic carbocycles. The van der Waals surface area contributed by atoms with Crippen LogP contribution in [0, 0.1) is 11.3 Å². The lowest BCUT2D eigenvalue weighted by molar-refractivity contribution is 0.0697. The monoisotopic (exact) mass is 231 g/mol. The van der Waals surface area contributed by atoms with Gasteiger partial charge < -0.3 is 5.11 Å². The van der Waals surface area contributed by atoms with Gasteiger partial charge >= 0.3 is 5.97 Å². The topological polar surface area (TPSA) is 61.1 Å². The largest absolute Gasteiger partial charge is 0.478 e. The fraction of sp³-hybridized carbons (Fsp3) is 0.111. The van der Waals surface area contributed by atoms with Crippen LogP contribution in [0.25, 0.3) is 0 Å². The Kier molecular flexibility index (Phi) is 5.70. The average molecular weight is 232 g/mol. The summed E-state index contributed by atoms with van der Waals surface area (Å²) in [6, 6.07) is 6.00. The first-order chi connectivity index (χ1) is 6.52. The normalized spacial score (nSPS) is 8.14. The van der Waals surface area contributed by atoms with E-state index in [1.165, 1.54) is 25.1 Å². The molecular formula is C9H7Cl2NO2. The summed E-state index contributed by atoms with van der Waals surface area (Å²) in [5.41, 5.74) is 0.0658. The van der Waals surface area contributed by atoms with Gasteiger partial charge in [-0.2, -0.15) is 5.26 Å². The highest BCUT2D eigenvalue weighted by Gasteiger charge is 2.07. The lowest BCUT2D eigenvalue weighted by Gasteiger charge is -1.96. The minimum Gasteiger partial charge on any atom is -0.478 e. The van der Waals surface area contributed by atoms with E-state index in [4.69, 9.17) is 33.6 Å². The second kappa shape index (κ2) is 6.25. The van der Waals surface area contributed by atoms with Crippen molar-refractivity contribution in [2.24, 2.45) is 0 Å². The van der Waals surface area contributed by atoms with Crippen molar-refractivity contribution in [1.82, 2.24) is 0 Å². The Bertz CT molecular complexity index is 372. The van der Waals surface area contributed by atoms with Gasteiger partial charge in [-0.3, -0.25) is 0 Å². The Morgan fingerprint density at radius 2 is 2.00 bits per heavy atom. The van der Waals surface area contributed by atoms with Gasteiger partial charge in [-0.05, 0) is 18.2 Å². The zero-order valence-corrected chi connectivity index (χ0v) is 8.80. The van der Waals surface area contributed by atoms with Crippen LogP contribution >= 0.6 is 23.2 Å². The number of halogens is 2. The van der Waals surface area contributed by atoms with Crippen LogP contribution in [-0.4, -0.2) is 11.1 Å². The van der Waals surface area contributed by atoms with Crippen molar-refractivity contribution in [3.05, 3.63) is 33.8 Å². The van der Waals surface area contributed by atoms with Crippen molar-refractivity contribution < 1.29 is 9.90 Å². The fourth-order valence-corrected chi connectivity index (χ4v) is 1.15. The van der Waals surface area contributed by atoms with Crippen LogP contribution in [0.3, 0.4) is 0 Å². The van der Waals surface area contributed by atoms with Gasteiger partial charge in [0.1, 0.15) is 0 Å². The van der Waals surface area contributed by atoms with Crippen LogP contribution in [0.2, 0.25) is 10.0 Å². The molecule has 0 aliphatic rings. The molecule has 0 bridgehead atoms. The maximum absolute atomic E-state index is 10.4. The Morgan fingerprint density at radius 1 is 1.50 bits per heavy atom. The lowest BCUT2D eigenvalue weighted by Crippen LogP contribution is -1.96. The van der Waals surface area contributed by atoms with Crippen molar-refractivity contribution in [2.45, 2.75) is 6.92 Å². The van der Waals surface area contributed by atoms with Crippen LogP contribution < -0.4 is 0 Å². The summed E-state index contributed by atoms with van der Waals surface area (Å²) in [7, 11) is 0. The van der Waals surface area contributed by atoms with E-state index in [0.29, 0.717) is 5.02 Å². The number of rotatable bonds is 1. The predicted octanol–water partition coefficient (Wildman–Crippen LogP) is 3.22. The minimum atomic E-state index is -1.05. The number of aromatic carboxylic acids is 1. The molecule has 0 fully saturated rings. The van der Waals surface area contributed by atoms with E-state index in [-0.39, 0.29) is 10.6 Å². The molecule has 1 aromatic rings. The van der Waals surface area contributed by atoms with Crippen molar-refractivity contribution in [3.8, 4) is 6.07 Å². The summed E-state index contributed by atoms with van der Waals surface area (Å²) in [4.78, 5) is 10.4. The summed E-state index contributed by atoms with van der Waals surface area (Å²) in [5.74, 6) is -1.05. The van der Waals surface area contributed by atoms with Crippen LogP contribution in [0.4, 0.5) is 0 Å². The number of nitriles is 1. The quantitative estimate of drug-likeness (QED) is 0.808. The van der Waals surface area contributed by atoms with Crippen LogP contribution in [0.5, 0.6) is 0 Å². The fourth-order valence-electron chi connectivity index (χ4n) is 0.663. The molecule has 14 heavy (non-hydrogen) atoms. The molecule has 0 aliphatic heterocycles. The minimum absolute atomic E-state index is 0.0658. The highest BCUT2D eigenvalue weighted by atomic mass is 35.5. The molecule has 3 nitrogen and oxygen atoms in total. The lowest BCUT2D eigenvalue weighted by atomic mass is 10.2. The second-order valence-corrected chi connectivity index (χ2v) is 3.00. The number of benzene rings is 1. The van der Waals surface area contributed by atoms with Crippen molar-refractivity contribution in [2.75, 3.05) is 0 Å². The Balaban J connectivity index is 0.000000500. The zero-order chi connectivity index (χ0) is 11.1. The average Bonchev–Trinajstić information content (AvgIpc) is 2.04. The zero-order valence-electron chi connectivity index (χ0n) is 7.29. The van der Waals surface area contributed by atoms with Gasteiger partial charge in [0.05, 0.1) is 16.7 Å². The number of carboxylic acid groups (broad SMARTS) is 1. The Hall–Kier alpha value is -1.24. The van der Waals surface area contributed by atoms with Gasteiger partial charge in [0, 0.05) is 11.9 Å². The van der Waals surface area contributed by atoms with E-state index in [1.54, 1.807) is 6.07 Å². The first-order valence-corrected chi connectivity index (χ1v) is 4.27. The molecule has 5 heteroatoms. The summed E-state index contributed by atoms with van der Waals surface area (Å²) in [5, 5.41) is 16.4. The molecule has 0 aliphatic carbocycles. The summed E-state index contributed by atoms with van der Waals surface area (Å²) < 4.78 is 0. The number of hydrogen-bond acceptors (Lipinski definition) is 2. The maximum Gasteiger partial charge on any atom is 0.337 e. The molecular weight excluding hydrogens is 225 g/mol. The van der Waals surface area contributed by atoms with Crippen molar-refractivity contribution in [1.29, 1.82) is 5.26 Å². The molecule has 0 spiro atoms. The number of carbonyl (C=O) groups is 1. The number of nitrogens with zero attached hydrogens (tertiary/aromatic N) is 1. The SMILES string of the molecule is CC#N.O=C(O)c1ccc(Cl)cc1Cl. The van der Waals surface area contributed by atoms with Crippen LogP contribution in [0.1, 0.15) is 17.3 Å². The Labute approximate surface area is 91.5 Å². The molecule has 1 rings (SSSR count). The molecule has 0 heterocycles. The third-order valence-electron chi connectivity index (χ3n) is 1.16. The second-order valence-electron chi connectivity index (χ2n) is 2.15. The first-order valence-electron chi connectivity index (χ1n) is 3.52. The van der Waals surface area contributed by atoms with Crippen molar-refractivity contribution >= 4 is 29.2 Å². The highest BCUT2D eigenvalue weighted by molar-refractivity contribution is 6.36. The van der Waals surface area contributed by atoms with Gasteiger partial charge in [-0.25, -0.2) is 4.79 Å². The molecule has 0 amide bonds. The number of carboxylic acids is 1. The van der Waals surface area contributed by atoms with Crippen LogP contribution in [-0.2, 0) is 0 Å². The van der Waals surface area contributed by atoms with Gasteiger partial charge in [0.25, 0.3) is 0 Å². The van der Waals surface area contributed by atoms with Crippen molar-refractivity contribution in [3.63, 3.8) is 0 Å². The van der Waals surface area contributed by atoms with E-state index in [9.17, 15) is 4.79 Å². The molecule has 0 aromatic heterocycles. The molecule has 0 atom stereocenters. The molecule has 0 radical (unpaired) electrons. The summed E-state index contributed by atoms with van der Waals surface area (Å²) in [6.07, 6.45) is 0. The van der Waals surface area contributed by atoms with Gasteiger partial charge in [0.15, 0.2) is 0 Å². The summed E-state index contributed by atoms with van der Waals surface area (Å²) >= 11 is 11.1. The van der Waals surface area contributed by atoms with Gasteiger partial charge in [-0.1, -0.05) is 23.2 Å². The standard InChI is InChI=1S/C7H4Cl2O2.C2H3N/c8-4-1-2-5(7(10)11)6(9)3-4;1-2-3/h1-3H,(H,10,11);1H3. The number of hydrogen-bond donors (Lipinski definition) is 1. The predicted molar refractivity (Wildman–Crippen MR) is 54.7 cm³/mol. The van der Waals surface area contributed by atoms with E-state index in [2.05, 4.69) is 0 Å². The molecule has 0 unspecified atom stereocenters. The maximum atomic E-state index is 10.4. The smallest absolute Gasteiger partial charge is 0.337 e. The summed E-state index contributed by atoms with van der Waals surface area (Å²) in [6.45, 7) is 1.43. The first kappa shape index (κ1) is 12.8. The van der Waals surface area contributed by atoms with Gasteiger partial charge in [0.2, 0.25) is 0 Å². The molecule has 0 saturated carbocycles. The highest BCUT2D eigenvalue weighted by Crippen LogP contribution is 2.20. The van der Waals surface area contributed by atoms with E-state index >= 15 is 0 Å².